The zero-order chi connectivity index (χ0) is 14.6. The van der Waals surface area contributed by atoms with E-state index in [1.54, 1.807) is 18.2 Å². The van der Waals surface area contributed by atoms with Gasteiger partial charge in [-0.3, -0.25) is 4.79 Å². The van der Waals surface area contributed by atoms with Crippen LogP contribution in [0.3, 0.4) is 0 Å². The van der Waals surface area contributed by atoms with Crippen molar-refractivity contribution in [2.75, 3.05) is 5.32 Å². The van der Waals surface area contributed by atoms with Crippen LogP contribution in [0.1, 0.15) is 39.2 Å². The minimum absolute atomic E-state index is 0.0725. The highest BCUT2D eigenvalue weighted by molar-refractivity contribution is 5.92. The van der Waals surface area contributed by atoms with Gasteiger partial charge in [0.1, 0.15) is 5.75 Å². The molecule has 4 N–H and O–H groups in total. The van der Waals surface area contributed by atoms with Gasteiger partial charge in [-0.15, -0.1) is 0 Å². The van der Waals surface area contributed by atoms with Crippen LogP contribution in [0.2, 0.25) is 0 Å². The lowest BCUT2D eigenvalue weighted by molar-refractivity contribution is -0.116. The first-order chi connectivity index (χ1) is 8.67. The minimum atomic E-state index is -0.174. The summed E-state index contributed by atoms with van der Waals surface area (Å²) in [6.07, 6.45) is 1.03. The van der Waals surface area contributed by atoms with Gasteiger partial charge < -0.3 is 16.2 Å². The first-order valence-electron chi connectivity index (χ1n) is 6.52. The van der Waals surface area contributed by atoms with Gasteiger partial charge in [0.25, 0.3) is 0 Å². The summed E-state index contributed by atoms with van der Waals surface area (Å²) in [4.78, 5) is 11.9. The summed E-state index contributed by atoms with van der Waals surface area (Å²) in [6, 6.07) is 4.92. The van der Waals surface area contributed by atoms with E-state index in [9.17, 15) is 9.90 Å². The van der Waals surface area contributed by atoms with Crippen molar-refractivity contribution < 1.29 is 9.90 Å². The van der Waals surface area contributed by atoms with E-state index >= 15 is 0 Å². The second-order valence-corrected chi connectivity index (χ2v) is 6.30. The van der Waals surface area contributed by atoms with Crippen molar-refractivity contribution >= 4 is 11.6 Å². The molecular formula is C15H24N2O2. The second kappa shape index (κ2) is 6.06. The summed E-state index contributed by atoms with van der Waals surface area (Å²) in [5, 5.41) is 12.4. The van der Waals surface area contributed by atoms with Gasteiger partial charge in [0.2, 0.25) is 5.91 Å². The number of rotatable bonds is 4. The summed E-state index contributed by atoms with van der Waals surface area (Å²) in [5.74, 6) is -0.0963. The number of anilines is 1. The van der Waals surface area contributed by atoms with Crippen LogP contribution in [0, 0.1) is 12.3 Å². The number of benzene rings is 1. The molecule has 106 valence electrons. The highest BCUT2D eigenvalue weighted by Gasteiger charge is 2.18. The van der Waals surface area contributed by atoms with E-state index in [0.29, 0.717) is 5.69 Å². The minimum Gasteiger partial charge on any atom is -0.506 e. The molecule has 0 spiro atoms. The molecule has 0 heterocycles. The van der Waals surface area contributed by atoms with Gasteiger partial charge in [0.05, 0.1) is 5.69 Å². The van der Waals surface area contributed by atoms with Crippen molar-refractivity contribution in [1.29, 1.82) is 0 Å². The summed E-state index contributed by atoms with van der Waals surface area (Å²) in [6.45, 7) is 8.19. The van der Waals surface area contributed by atoms with Gasteiger partial charge in [-0.05, 0) is 36.5 Å². The molecule has 4 nitrogen and oxygen atoms in total. The van der Waals surface area contributed by atoms with Gasteiger partial charge >= 0.3 is 0 Å². The van der Waals surface area contributed by atoms with Crippen LogP contribution >= 0.6 is 0 Å². The number of hydrogen-bond acceptors (Lipinski definition) is 3. The van der Waals surface area contributed by atoms with E-state index in [4.69, 9.17) is 5.73 Å². The van der Waals surface area contributed by atoms with Crippen molar-refractivity contribution in [3.63, 3.8) is 0 Å². The molecule has 0 aromatic heterocycles. The molecule has 1 amide bonds. The molecule has 4 heteroatoms. The largest absolute Gasteiger partial charge is 0.506 e. The predicted octanol–water partition coefficient (Wildman–Crippen LogP) is 2.79. The van der Waals surface area contributed by atoms with Crippen molar-refractivity contribution in [2.24, 2.45) is 11.1 Å². The number of phenols is 1. The molecule has 1 unspecified atom stereocenters. The lowest BCUT2D eigenvalue weighted by Crippen LogP contribution is -2.31. The first kappa shape index (κ1) is 15.5. The van der Waals surface area contributed by atoms with Crippen LogP contribution < -0.4 is 11.1 Å². The number of amides is 1. The maximum atomic E-state index is 11.9. The first-order valence-corrected chi connectivity index (χ1v) is 6.52. The maximum absolute atomic E-state index is 11.9. The van der Waals surface area contributed by atoms with E-state index in [0.717, 1.165) is 12.0 Å². The Kier molecular flexibility index (Phi) is 4.95. The topological polar surface area (TPSA) is 75.3 Å². The molecule has 19 heavy (non-hydrogen) atoms. The average molecular weight is 264 g/mol. The lowest BCUT2D eigenvalue weighted by Gasteiger charge is -2.22. The average Bonchev–Trinajstić information content (AvgIpc) is 2.20. The Bertz CT molecular complexity index is 450. The molecule has 0 aliphatic heterocycles. The van der Waals surface area contributed by atoms with E-state index in [-0.39, 0.29) is 29.5 Å². The van der Waals surface area contributed by atoms with Crippen molar-refractivity contribution in [3.8, 4) is 5.75 Å². The van der Waals surface area contributed by atoms with Crippen molar-refractivity contribution in [2.45, 2.75) is 46.6 Å². The number of phenolic OH excluding ortho intramolecular Hbond substituents is 1. The quantitative estimate of drug-likeness (QED) is 0.732. The Labute approximate surface area is 115 Å². The summed E-state index contributed by atoms with van der Waals surface area (Å²) in [5.41, 5.74) is 7.48. The van der Waals surface area contributed by atoms with Gasteiger partial charge in [0, 0.05) is 12.5 Å². The summed E-state index contributed by atoms with van der Waals surface area (Å²) in [7, 11) is 0. The fourth-order valence-electron chi connectivity index (χ4n) is 2.05. The molecule has 1 atom stereocenters. The van der Waals surface area contributed by atoms with Crippen molar-refractivity contribution in [1.82, 2.24) is 0 Å². The van der Waals surface area contributed by atoms with Crippen LogP contribution in [-0.4, -0.2) is 17.1 Å². The number of aryl methyl sites for hydroxylation is 1. The Morgan fingerprint density at radius 3 is 2.63 bits per heavy atom. The zero-order valence-corrected chi connectivity index (χ0v) is 12.2. The molecule has 0 radical (unpaired) electrons. The third-order valence-corrected chi connectivity index (χ3v) is 2.75. The Morgan fingerprint density at radius 2 is 2.05 bits per heavy atom. The van der Waals surface area contributed by atoms with E-state index in [1.165, 1.54) is 0 Å². The fraction of sp³-hybridized carbons (Fsp3) is 0.533. The van der Waals surface area contributed by atoms with Crippen LogP contribution in [-0.2, 0) is 4.79 Å². The van der Waals surface area contributed by atoms with Gasteiger partial charge in [0.15, 0.2) is 0 Å². The molecule has 0 fully saturated rings. The molecule has 0 aliphatic carbocycles. The van der Waals surface area contributed by atoms with Gasteiger partial charge in [-0.25, -0.2) is 0 Å². The number of carbonyl (C=O) groups excluding carboxylic acids is 1. The molecule has 0 aliphatic rings. The molecule has 1 aromatic rings. The Hall–Kier alpha value is -1.55. The van der Waals surface area contributed by atoms with Gasteiger partial charge in [-0.2, -0.15) is 0 Å². The summed E-state index contributed by atoms with van der Waals surface area (Å²) >= 11 is 0. The van der Waals surface area contributed by atoms with Crippen LogP contribution in [0.15, 0.2) is 18.2 Å². The Morgan fingerprint density at radius 1 is 1.42 bits per heavy atom. The highest BCUT2D eigenvalue weighted by Crippen LogP contribution is 2.25. The lowest BCUT2D eigenvalue weighted by atomic mass is 9.87. The number of nitrogens with two attached hydrogens (primary N) is 1. The standard InChI is InChI=1S/C15H24N2O2/c1-10-5-6-13(18)12(7-10)17-14(19)8-11(16)9-15(2,3)4/h5-7,11,18H,8-9,16H2,1-4H3,(H,17,19). The SMILES string of the molecule is Cc1ccc(O)c(NC(=O)CC(N)CC(C)(C)C)c1. The van der Waals surface area contributed by atoms with Crippen LogP contribution in [0.25, 0.3) is 0 Å². The number of aromatic hydroxyl groups is 1. The Balaban J connectivity index is 2.58. The molecular weight excluding hydrogens is 240 g/mol. The van der Waals surface area contributed by atoms with Gasteiger partial charge in [-0.1, -0.05) is 26.8 Å². The normalized spacial score (nSPS) is 13.1. The number of hydrogen-bond donors (Lipinski definition) is 3. The fourth-order valence-corrected chi connectivity index (χ4v) is 2.05. The zero-order valence-electron chi connectivity index (χ0n) is 12.2. The van der Waals surface area contributed by atoms with Crippen LogP contribution in [0.5, 0.6) is 5.75 Å². The molecule has 0 saturated heterocycles. The third kappa shape index (κ3) is 5.75. The van der Waals surface area contributed by atoms with Crippen LogP contribution in [0.4, 0.5) is 5.69 Å². The van der Waals surface area contributed by atoms with Crippen molar-refractivity contribution in [3.05, 3.63) is 23.8 Å². The highest BCUT2D eigenvalue weighted by atomic mass is 16.3. The molecule has 1 rings (SSSR count). The van der Waals surface area contributed by atoms with E-state index < -0.39 is 0 Å². The number of carbonyl (C=O) groups is 1. The predicted molar refractivity (Wildman–Crippen MR) is 78.1 cm³/mol. The second-order valence-electron chi connectivity index (χ2n) is 6.30. The van der Waals surface area contributed by atoms with E-state index in [1.807, 2.05) is 6.92 Å². The molecule has 1 aromatic carbocycles. The number of nitrogens with one attached hydrogen (secondary N) is 1. The maximum Gasteiger partial charge on any atom is 0.226 e. The summed E-state index contributed by atoms with van der Waals surface area (Å²) < 4.78 is 0. The third-order valence-electron chi connectivity index (χ3n) is 2.75. The molecule has 0 bridgehead atoms. The monoisotopic (exact) mass is 264 g/mol. The van der Waals surface area contributed by atoms with E-state index in [2.05, 4.69) is 26.1 Å². The molecule has 0 saturated carbocycles. The smallest absolute Gasteiger partial charge is 0.226 e.